The Hall–Kier alpha value is -1.68. The minimum Gasteiger partial charge on any atom is -0.330 e. The van der Waals surface area contributed by atoms with Gasteiger partial charge >= 0.3 is 0 Å². The number of aryl methyl sites for hydroxylation is 1. The van der Waals surface area contributed by atoms with Crippen LogP contribution in [0.5, 0.6) is 0 Å². The van der Waals surface area contributed by atoms with E-state index in [1.54, 1.807) is 12.7 Å². The largest absolute Gasteiger partial charge is 0.330 e. The maximum absolute atomic E-state index is 5.48. The molecular formula is C11H14N4. The Morgan fingerprint density at radius 1 is 1.20 bits per heavy atom. The monoisotopic (exact) mass is 202 g/mol. The van der Waals surface area contributed by atoms with Crippen molar-refractivity contribution in [1.82, 2.24) is 14.8 Å². The molecule has 0 aliphatic rings. The first-order chi connectivity index (χ1) is 7.40. The van der Waals surface area contributed by atoms with Gasteiger partial charge in [-0.3, -0.25) is 4.57 Å². The van der Waals surface area contributed by atoms with E-state index < -0.39 is 0 Å². The summed E-state index contributed by atoms with van der Waals surface area (Å²) in [6.45, 7) is 0.733. The first-order valence-corrected chi connectivity index (χ1v) is 5.04. The molecule has 0 spiro atoms. The van der Waals surface area contributed by atoms with Crippen molar-refractivity contribution in [3.8, 4) is 5.69 Å². The van der Waals surface area contributed by atoms with E-state index >= 15 is 0 Å². The van der Waals surface area contributed by atoms with Crippen LogP contribution in [0.1, 0.15) is 12.0 Å². The molecule has 0 fully saturated rings. The standard InChI is InChI=1S/C11H14N4/c12-6-2-4-10-3-1-5-11(7-10)15-8-13-14-9-15/h1,3,5,7-9H,2,4,6,12H2. The smallest absolute Gasteiger partial charge is 0.123 e. The summed E-state index contributed by atoms with van der Waals surface area (Å²) in [7, 11) is 0. The molecule has 0 aliphatic carbocycles. The molecule has 0 bridgehead atoms. The predicted octanol–water partition coefficient (Wildman–Crippen LogP) is 1.16. The summed E-state index contributed by atoms with van der Waals surface area (Å²) < 4.78 is 1.89. The maximum Gasteiger partial charge on any atom is 0.123 e. The molecule has 78 valence electrons. The van der Waals surface area contributed by atoms with Crippen molar-refractivity contribution in [2.24, 2.45) is 5.73 Å². The van der Waals surface area contributed by atoms with E-state index in [4.69, 9.17) is 5.73 Å². The number of aromatic nitrogens is 3. The van der Waals surface area contributed by atoms with Crippen LogP contribution in [-0.2, 0) is 6.42 Å². The van der Waals surface area contributed by atoms with E-state index in [9.17, 15) is 0 Å². The molecule has 2 aromatic rings. The van der Waals surface area contributed by atoms with Gasteiger partial charge in [0, 0.05) is 5.69 Å². The van der Waals surface area contributed by atoms with E-state index in [1.165, 1.54) is 5.56 Å². The lowest BCUT2D eigenvalue weighted by molar-refractivity contribution is 0.831. The molecule has 0 atom stereocenters. The van der Waals surface area contributed by atoms with Gasteiger partial charge in [-0.1, -0.05) is 12.1 Å². The van der Waals surface area contributed by atoms with Gasteiger partial charge in [-0.05, 0) is 37.1 Å². The summed E-state index contributed by atoms with van der Waals surface area (Å²) in [5.41, 5.74) is 7.87. The molecule has 1 aromatic heterocycles. The molecule has 0 unspecified atom stereocenters. The van der Waals surface area contributed by atoms with Crippen molar-refractivity contribution < 1.29 is 0 Å². The Bertz CT molecular complexity index is 408. The minimum atomic E-state index is 0.733. The Labute approximate surface area is 88.8 Å². The molecule has 1 aromatic carbocycles. The zero-order chi connectivity index (χ0) is 10.5. The van der Waals surface area contributed by atoms with Gasteiger partial charge in [-0.15, -0.1) is 10.2 Å². The highest BCUT2D eigenvalue weighted by atomic mass is 15.2. The molecule has 4 nitrogen and oxygen atoms in total. The van der Waals surface area contributed by atoms with Crippen molar-refractivity contribution in [2.45, 2.75) is 12.8 Å². The van der Waals surface area contributed by atoms with Gasteiger partial charge in [0.25, 0.3) is 0 Å². The first-order valence-electron chi connectivity index (χ1n) is 5.04. The fourth-order valence-electron chi connectivity index (χ4n) is 1.51. The zero-order valence-electron chi connectivity index (χ0n) is 8.50. The van der Waals surface area contributed by atoms with Crippen LogP contribution in [0.3, 0.4) is 0 Å². The van der Waals surface area contributed by atoms with Crippen LogP contribution >= 0.6 is 0 Å². The van der Waals surface area contributed by atoms with Crippen molar-refractivity contribution >= 4 is 0 Å². The van der Waals surface area contributed by atoms with Crippen LogP contribution in [0.2, 0.25) is 0 Å². The Balaban J connectivity index is 2.19. The second-order valence-corrected chi connectivity index (χ2v) is 3.43. The fourth-order valence-corrected chi connectivity index (χ4v) is 1.51. The molecule has 0 aliphatic heterocycles. The third-order valence-electron chi connectivity index (χ3n) is 2.30. The van der Waals surface area contributed by atoms with Gasteiger partial charge in [-0.2, -0.15) is 0 Å². The number of hydrogen-bond donors (Lipinski definition) is 1. The van der Waals surface area contributed by atoms with Crippen LogP contribution < -0.4 is 5.73 Å². The average molecular weight is 202 g/mol. The molecule has 1 heterocycles. The van der Waals surface area contributed by atoms with Crippen LogP contribution in [0.25, 0.3) is 5.69 Å². The van der Waals surface area contributed by atoms with Gasteiger partial charge in [-0.25, -0.2) is 0 Å². The normalized spacial score (nSPS) is 10.5. The molecular weight excluding hydrogens is 188 g/mol. The van der Waals surface area contributed by atoms with Crippen molar-refractivity contribution in [3.63, 3.8) is 0 Å². The molecule has 0 amide bonds. The zero-order valence-corrected chi connectivity index (χ0v) is 8.50. The number of benzene rings is 1. The number of nitrogens with two attached hydrogens (primary N) is 1. The molecule has 2 N–H and O–H groups in total. The number of rotatable bonds is 4. The lowest BCUT2D eigenvalue weighted by atomic mass is 10.1. The molecule has 0 saturated carbocycles. The van der Waals surface area contributed by atoms with Gasteiger partial charge in [0.2, 0.25) is 0 Å². The second-order valence-electron chi connectivity index (χ2n) is 3.43. The SMILES string of the molecule is NCCCc1cccc(-n2cnnc2)c1. The van der Waals surface area contributed by atoms with Crippen LogP contribution in [-0.4, -0.2) is 21.3 Å². The summed E-state index contributed by atoms with van der Waals surface area (Å²) in [5, 5.41) is 7.57. The highest BCUT2D eigenvalue weighted by Crippen LogP contribution is 2.10. The average Bonchev–Trinajstić information content (AvgIpc) is 2.80. The molecule has 0 radical (unpaired) electrons. The van der Waals surface area contributed by atoms with Crippen molar-refractivity contribution in [3.05, 3.63) is 42.5 Å². The summed E-state index contributed by atoms with van der Waals surface area (Å²) in [4.78, 5) is 0. The van der Waals surface area contributed by atoms with Crippen molar-refractivity contribution in [1.29, 1.82) is 0 Å². The summed E-state index contributed by atoms with van der Waals surface area (Å²) in [5.74, 6) is 0. The van der Waals surface area contributed by atoms with Gasteiger partial charge in [0.15, 0.2) is 0 Å². The van der Waals surface area contributed by atoms with E-state index in [-0.39, 0.29) is 0 Å². The summed E-state index contributed by atoms with van der Waals surface area (Å²) in [6, 6.07) is 8.33. The predicted molar refractivity (Wildman–Crippen MR) is 58.7 cm³/mol. The van der Waals surface area contributed by atoms with E-state index in [1.807, 2.05) is 16.7 Å². The fraction of sp³-hybridized carbons (Fsp3) is 0.273. The summed E-state index contributed by atoms with van der Waals surface area (Å²) in [6.07, 6.45) is 5.43. The second kappa shape index (κ2) is 4.70. The van der Waals surface area contributed by atoms with Crippen LogP contribution in [0.4, 0.5) is 0 Å². The van der Waals surface area contributed by atoms with Gasteiger partial charge in [0.05, 0.1) is 0 Å². The lowest BCUT2D eigenvalue weighted by Crippen LogP contribution is -2.00. The third kappa shape index (κ3) is 2.41. The highest BCUT2D eigenvalue weighted by molar-refractivity contribution is 5.35. The van der Waals surface area contributed by atoms with Crippen molar-refractivity contribution in [2.75, 3.05) is 6.54 Å². The van der Waals surface area contributed by atoms with Crippen LogP contribution in [0, 0.1) is 0 Å². The van der Waals surface area contributed by atoms with Gasteiger partial charge in [0.1, 0.15) is 12.7 Å². The molecule has 0 saturated heterocycles. The quantitative estimate of drug-likeness (QED) is 0.809. The maximum atomic E-state index is 5.48. The summed E-state index contributed by atoms with van der Waals surface area (Å²) >= 11 is 0. The Morgan fingerprint density at radius 3 is 2.73 bits per heavy atom. The number of hydrogen-bond acceptors (Lipinski definition) is 3. The third-order valence-corrected chi connectivity index (χ3v) is 2.30. The Kier molecular flexibility index (Phi) is 3.09. The Morgan fingerprint density at radius 2 is 2.00 bits per heavy atom. The molecule has 15 heavy (non-hydrogen) atoms. The number of nitrogens with zero attached hydrogens (tertiary/aromatic N) is 3. The first kappa shape index (κ1) is 9.86. The van der Waals surface area contributed by atoms with Gasteiger partial charge < -0.3 is 5.73 Å². The molecule has 4 heteroatoms. The van der Waals surface area contributed by atoms with E-state index in [0.717, 1.165) is 25.1 Å². The minimum absolute atomic E-state index is 0.733. The van der Waals surface area contributed by atoms with E-state index in [2.05, 4.69) is 22.3 Å². The highest BCUT2D eigenvalue weighted by Gasteiger charge is 1.97. The van der Waals surface area contributed by atoms with Crippen LogP contribution in [0.15, 0.2) is 36.9 Å². The molecule has 2 rings (SSSR count). The lowest BCUT2D eigenvalue weighted by Gasteiger charge is -2.04. The van der Waals surface area contributed by atoms with E-state index in [0.29, 0.717) is 0 Å². The topological polar surface area (TPSA) is 56.7 Å².